The van der Waals surface area contributed by atoms with Crippen molar-refractivity contribution in [3.05, 3.63) is 29.8 Å². The lowest BCUT2D eigenvalue weighted by Gasteiger charge is -2.36. The fourth-order valence-electron chi connectivity index (χ4n) is 4.39. The number of aromatic hydroxyl groups is 1. The molecule has 0 aliphatic carbocycles. The lowest BCUT2D eigenvalue weighted by Crippen LogP contribution is -2.52. The molecule has 5 nitrogen and oxygen atoms in total. The molecule has 3 aliphatic heterocycles. The summed E-state index contributed by atoms with van der Waals surface area (Å²) >= 11 is 1.75. The molecule has 0 bridgehead atoms. The number of carbonyl (C=O) groups is 2. The Kier molecular flexibility index (Phi) is 4.18. The van der Waals surface area contributed by atoms with Crippen molar-refractivity contribution in [1.29, 1.82) is 0 Å². The molecule has 3 heterocycles. The molecule has 2 atom stereocenters. The molecule has 6 heteroatoms. The summed E-state index contributed by atoms with van der Waals surface area (Å²) in [6.07, 6.45) is 3.28. The number of phenols is 1. The summed E-state index contributed by atoms with van der Waals surface area (Å²) in [4.78, 5) is 28.9. The first-order valence-corrected chi connectivity index (χ1v) is 10.0. The lowest BCUT2D eigenvalue weighted by molar-refractivity contribution is -0.144. The van der Waals surface area contributed by atoms with E-state index in [1.54, 1.807) is 23.9 Å². The number of rotatable bonds is 2. The molecule has 0 spiro atoms. The Morgan fingerprint density at radius 2 is 1.92 bits per heavy atom. The van der Waals surface area contributed by atoms with Crippen molar-refractivity contribution in [1.82, 2.24) is 9.80 Å². The minimum absolute atomic E-state index is 0.121. The van der Waals surface area contributed by atoms with Crippen molar-refractivity contribution in [2.24, 2.45) is 0 Å². The van der Waals surface area contributed by atoms with Crippen molar-refractivity contribution in [3.63, 3.8) is 0 Å². The first-order valence-electron chi connectivity index (χ1n) is 9.02. The highest BCUT2D eigenvalue weighted by Gasteiger charge is 2.53. The van der Waals surface area contributed by atoms with Crippen LogP contribution in [0, 0.1) is 0 Å². The highest BCUT2D eigenvalue weighted by molar-refractivity contribution is 8.01. The standard InChI is InChI=1S/C19H24N2O3S/c1-19-9-6-17(23)21(19)16(12-25-19)18(24)20-10-7-14(8-11-20)13-2-4-15(22)5-3-13/h2-5,14,16,22H,6-12H2,1H3/t16-,19-/m1/s1. The molecule has 1 aromatic rings. The number of hydrogen-bond donors (Lipinski definition) is 1. The monoisotopic (exact) mass is 360 g/mol. The van der Waals surface area contributed by atoms with Gasteiger partial charge in [-0.1, -0.05) is 12.1 Å². The third-order valence-electron chi connectivity index (χ3n) is 5.90. The van der Waals surface area contributed by atoms with Gasteiger partial charge < -0.3 is 14.9 Å². The molecule has 0 radical (unpaired) electrons. The number of fused-ring (bicyclic) bond motifs is 1. The van der Waals surface area contributed by atoms with Crippen LogP contribution in [0.3, 0.4) is 0 Å². The normalized spacial score (nSPS) is 30.0. The van der Waals surface area contributed by atoms with E-state index in [-0.39, 0.29) is 28.5 Å². The maximum Gasteiger partial charge on any atom is 0.246 e. The minimum Gasteiger partial charge on any atom is -0.508 e. The molecule has 3 aliphatic rings. The maximum atomic E-state index is 13.0. The van der Waals surface area contributed by atoms with Crippen LogP contribution in [-0.2, 0) is 9.59 Å². The van der Waals surface area contributed by atoms with Gasteiger partial charge in [-0.25, -0.2) is 0 Å². The largest absolute Gasteiger partial charge is 0.508 e. The molecule has 25 heavy (non-hydrogen) atoms. The predicted octanol–water partition coefficient (Wildman–Crippen LogP) is 2.55. The highest BCUT2D eigenvalue weighted by Crippen LogP contribution is 2.47. The van der Waals surface area contributed by atoms with Gasteiger partial charge in [0.05, 0.1) is 4.87 Å². The topological polar surface area (TPSA) is 60.9 Å². The van der Waals surface area contributed by atoms with E-state index in [0.29, 0.717) is 12.3 Å². The summed E-state index contributed by atoms with van der Waals surface area (Å²) < 4.78 is 0. The van der Waals surface area contributed by atoms with Gasteiger partial charge in [0.1, 0.15) is 11.8 Å². The van der Waals surface area contributed by atoms with Gasteiger partial charge in [-0.2, -0.15) is 0 Å². The Labute approximate surface area is 152 Å². The molecule has 1 aromatic carbocycles. The van der Waals surface area contributed by atoms with E-state index >= 15 is 0 Å². The van der Waals surface area contributed by atoms with Gasteiger partial charge >= 0.3 is 0 Å². The second-order valence-electron chi connectivity index (χ2n) is 7.46. The van der Waals surface area contributed by atoms with Gasteiger partial charge in [-0.15, -0.1) is 11.8 Å². The van der Waals surface area contributed by atoms with Crippen LogP contribution in [-0.4, -0.2) is 56.5 Å². The van der Waals surface area contributed by atoms with E-state index in [4.69, 9.17) is 0 Å². The van der Waals surface area contributed by atoms with Gasteiger partial charge in [0.25, 0.3) is 0 Å². The zero-order valence-electron chi connectivity index (χ0n) is 14.5. The number of benzene rings is 1. The Morgan fingerprint density at radius 3 is 2.60 bits per heavy atom. The van der Waals surface area contributed by atoms with E-state index < -0.39 is 0 Å². The third-order valence-corrected chi connectivity index (χ3v) is 7.41. The van der Waals surface area contributed by atoms with Crippen LogP contribution < -0.4 is 0 Å². The fourth-order valence-corrected chi connectivity index (χ4v) is 5.82. The van der Waals surface area contributed by atoms with Crippen LogP contribution in [0.25, 0.3) is 0 Å². The van der Waals surface area contributed by atoms with Crippen LogP contribution in [0.1, 0.15) is 44.1 Å². The molecular weight excluding hydrogens is 336 g/mol. The van der Waals surface area contributed by atoms with E-state index in [1.165, 1.54) is 5.56 Å². The average molecular weight is 360 g/mol. The predicted molar refractivity (Wildman–Crippen MR) is 97.4 cm³/mol. The zero-order chi connectivity index (χ0) is 17.6. The van der Waals surface area contributed by atoms with Crippen LogP contribution in [0.2, 0.25) is 0 Å². The molecule has 0 unspecified atom stereocenters. The summed E-state index contributed by atoms with van der Waals surface area (Å²) in [5.41, 5.74) is 1.23. The smallest absolute Gasteiger partial charge is 0.246 e. The van der Waals surface area contributed by atoms with Crippen molar-refractivity contribution in [2.75, 3.05) is 18.8 Å². The van der Waals surface area contributed by atoms with E-state index in [0.717, 1.165) is 38.1 Å². The number of nitrogens with zero attached hydrogens (tertiary/aromatic N) is 2. The quantitative estimate of drug-likeness (QED) is 0.880. The molecule has 1 N–H and O–H groups in total. The number of hydrogen-bond acceptors (Lipinski definition) is 4. The first-order chi connectivity index (χ1) is 12.0. The van der Waals surface area contributed by atoms with E-state index in [1.807, 2.05) is 21.9 Å². The van der Waals surface area contributed by atoms with Crippen molar-refractivity contribution >= 4 is 23.6 Å². The summed E-state index contributed by atoms with van der Waals surface area (Å²) in [5.74, 6) is 1.69. The van der Waals surface area contributed by atoms with Gasteiger partial charge in [-0.05, 0) is 49.8 Å². The number of carbonyl (C=O) groups excluding carboxylic acids is 2. The Balaban J connectivity index is 1.40. The molecule has 3 fully saturated rings. The zero-order valence-corrected chi connectivity index (χ0v) is 15.3. The van der Waals surface area contributed by atoms with Crippen molar-refractivity contribution in [3.8, 4) is 5.75 Å². The fraction of sp³-hybridized carbons (Fsp3) is 0.579. The number of thioether (sulfide) groups is 1. The molecule has 134 valence electrons. The summed E-state index contributed by atoms with van der Waals surface area (Å²) in [5, 5.41) is 9.42. The second kappa shape index (κ2) is 6.24. The summed E-state index contributed by atoms with van der Waals surface area (Å²) in [6.45, 7) is 3.57. The molecule has 4 rings (SSSR count). The van der Waals surface area contributed by atoms with E-state index in [2.05, 4.69) is 6.92 Å². The number of likely N-dealkylation sites (tertiary alicyclic amines) is 1. The summed E-state index contributed by atoms with van der Waals surface area (Å²) in [6, 6.07) is 7.11. The minimum atomic E-state index is -0.282. The SMILES string of the molecule is C[C@@]12CCC(=O)N1[C@@H](C(=O)N1CCC(c3ccc(O)cc3)CC1)CS2. The van der Waals surface area contributed by atoms with Gasteiger partial charge in [-0.3, -0.25) is 9.59 Å². The molecule has 2 amide bonds. The molecular formula is C19H24N2O3S. The Morgan fingerprint density at radius 1 is 1.24 bits per heavy atom. The van der Waals surface area contributed by atoms with Crippen LogP contribution in [0.5, 0.6) is 5.75 Å². The third kappa shape index (κ3) is 2.90. The van der Waals surface area contributed by atoms with Crippen LogP contribution in [0.4, 0.5) is 0 Å². The summed E-state index contributed by atoms with van der Waals surface area (Å²) in [7, 11) is 0. The Hall–Kier alpha value is -1.69. The number of amides is 2. The number of phenolic OH excluding ortho intramolecular Hbond substituents is 1. The Bertz CT molecular complexity index is 684. The number of piperidine rings is 1. The highest BCUT2D eigenvalue weighted by atomic mass is 32.2. The van der Waals surface area contributed by atoms with Crippen LogP contribution in [0.15, 0.2) is 24.3 Å². The van der Waals surface area contributed by atoms with Crippen molar-refractivity contribution < 1.29 is 14.7 Å². The molecule has 3 saturated heterocycles. The van der Waals surface area contributed by atoms with Crippen molar-refractivity contribution in [2.45, 2.75) is 49.4 Å². The van der Waals surface area contributed by atoms with Crippen LogP contribution >= 0.6 is 11.8 Å². The second-order valence-corrected chi connectivity index (χ2v) is 8.96. The lowest BCUT2D eigenvalue weighted by atomic mass is 9.89. The van der Waals surface area contributed by atoms with E-state index in [9.17, 15) is 14.7 Å². The van der Waals surface area contributed by atoms with Gasteiger partial charge in [0.15, 0.2) is 0 Å². The maximum absolute atomic E-state index is 13.0. The average Bonchev–Trinajstić information content (AvgIpc) is 3.11. The molecule has 0 saturated carbocycles. The first kappa shape index (κ1) is 16.8. The van der Waals surface area contributed by atoms with Gasteiger partial charge in [0.2, 0.25) is 11.8 Å². The molecule has 0 aromatic heterocycles. The van der Waals surface area contributed by atoms with Gasteiger partial charge in [0, 0.05) is 25.3 Å².